The van der Waals surface area contributed by atoms with Crippen LogP contribution in [0.4, 0.5) is 13.2 Å². The van der Waals surface area contributed by atoms with Gasteiger partial charge in [-0.1, -0.05) is 32.1 Å². The Labute approximate surface area is 136 Å². The highest BCUT2D eigenvalue weighted by molar-refractivity contribution is 5.25. The fourth-order valence-electron chi connectivity index (χ4n) is 4.26. The number of hydrogen-bond acceptors (Lipinski definition) is 1. The maximum Gasteiger partial charge on any atom is 0.194 e. The first-order chi connectivity index (χ1) is 11.1. The maximum atomic E-state index is 13.2. The molecular weight excluding hydrogens is 301 g/mol. The molecule has 0 unspecified atom stereocenters. The molecule has 0 bridgehead atoms. The van der Waals surface area contributed by atoms with Gasteiger partial charge < -0.3 is 4.74 Å². The van der Waals surface area contributed by atoms with Crippen LogP contribution in [0.3, 0.4) is 0 Å². The van der Waals surface area contributed by atoms with E-state index in [1.54, 1.807) is 0 Å². The molecule has 128 valence electrons. The van der Waals surface area contributed by atoms with Crippen molar-refractivity contribution in [3.8, 4) is 5.75 Å². The second kappa shape index (κ2) is 7.59. The summed E-state index contributed by atoms with van der Waals surface area (Å²) in [6.45, 7) is 0.460. The quantitative estimate of drug-likeness (QED) is 0.629. The summed E-state index contributed by atoms with van der Waals surface area (Å²) in [6, 6.07) is 1.85. The van der Waals surface area contributed by atoms with Gasteiger partial charge in [-0.2, -0.15) is 0 Å². The van der Waals surface area contributed by atoms with Crippen LogP contribution in [-0.4, -0.2) is 6.61 Å². The molecule has 0 radical (unpaired) electrons. The van der Waals surface area contributed by atoms with Crippen LogP contribution in [0.2, 0.25) is 0 Å². The molecule has 1 aromatic carbocycles. The fraction of sp³-hybridized carbons (Fsp3) is 0.684. The van der Waals surface area contributed by atoms with Crippen LogP contribution >= 0.6 is 0 Å². The van der Waals surface area contributed by atoms with Crippen LogP contribution in [0.1, 0.15) is 57.8 Å². The summed E-state index contributed by atoms with van der Waals surface area (Å²) < 4.78 is 44.8. The first kappa shape index (κ1) is 16.7. The van der Waals surface area contributed by atoms with E-state index in [1.165, 1.54) is 44.9 Å². The van der Waals surface area contributed by atoms with Crippen LogP contribution in [0.5, 0.6) is 5.75 Å². The van der Waals surface area contributed by atoms with Crippen LogP contribution in [0.25, 0.3) is 0 Å². The molecule has 0 aromatic heterocycles. The van der Waals surface area contributed by atoms with Crippen molar-refractivity contribution < 1.29 is 17.9 Å². The standard InChI is InChI=1S/C19H25F3O/c20-17-10-16(11-18(21)19(17)22)23-12-13-6-8-15(9-7-13)14-4-2-1-3-5-14/h10-11,13-15H,1-9,12H2. The smallest absolute Gasteiger partial charge is 0.194 e. The van der Waals surface area contributed by atoms with Crippen LogP contribution in [-0.2, 0) is 0 Å². The number of halogens is 3. The minimum absolute atomic E-state index is 0.0794. The molecule has 2 aliphatic carbocycles. The lowest BCUT2D eigenvalue weighted by molar-refractivity contribution is 0.135. The van der Waals surface area contributed by atoms with Crippen molar-refractivity contribution in [1.82, 2.24) is 0 Å². The predicted molar refractivity (Wildman–Crippen MR) is 83.8 cm³/mol. The molecule has 4 heteroatoms. The molecule has 2 aliphatic rings. The van der Waals surface area contributed by atoms with Gasteiger partial charge in [0.1, 0.15) is 5.75 Å². The summed E-state index contributed by atoms with van der Waals surface area (Å²) >= 11 is 0. The highest BCUT2D eigenvalue weighted by atomic mass is 19.2. The molecule has 1 aromatic rings. The third-order valence-electron chi connectivity index (χ3n) is 5.65. The van der Waals surface area contributed by atoms with Crippen LogP contribution in [0.15, 0.2) is 12.1 Å². The third-order valence-corrected chi connectivity index (χ3v) is 5.65. The molecule has 0 aliphatic heterocycles. The average molecular weight is 326 g/mol. The Bertz CT molecular complexity index is 494. The Balaban J connectivity index is 1.45. The fourth-order valence-corrected chi connectivity index (χ4v) is 4.26. The van der Waals surface area contributed by atoms with Crippen molar-refractivity contribution in [2.45, 2.75) is 57.8 Å². The molecule has 1 nitrogen and oxygen atoms in total. The second-order valence-corrected chi connectivity index (χ2v) is 7.19. The largest absolute Gasteiger partial charge is 0.493 e. The predicted octanol–water partition coefficient (Wildman–Crippen LogP) is 5.87. The lowest BCUT2D eigenvalue weighted by Crippen LogP contribution is -2.26. The van der Waals surface area contributed by atoms with Crippen molar-refractivity contribution >= 4 is 0 Å². The van der Waals surface area contributed by atoms with Gasteiger partial charge >= 0.3 is 0 Å². The van der Waals surface area contributed by atoms with E-state index < -0.39 is 17.5 Å². The van der Waals surface area contributed by atoms with Crippen molar-refractivity contribution in [3.05, 3.63) is 29.6 Å². The molecule has 0 amide bonds. The highest BCUT2D eigenvalue weighted by Gasteiger charge is 2.28. The molecule has 3 rings (SSSR count). The highest BCUT2D eigenvalue weighted by Crippen LogP contribution is 2.40. The SMILES string of the molecule is Fc1cc(OCC2CCC(C3CCCCC3)CC2)cc(F)c1F. The zero-order chi connectivity index (χ0) is 16.2. The van der Waals surface area contributed by atoms with E-state index in [-0.39, 0.29) is 5.75 Å². The zero-order valence-corrected chi connectivity index (χ0v) is 13.5. The first-order valence-electron chi connectivity index (χ1n) is 8.91. The molecular formula is C19H25F3O. The Morgan fingerprint density at radius 1 is 0.783 bits per heavy atom. The Kier molecular flexibility index (Phi) is 5.50. The van der Waals surface area contributed by atoms with E-state index in [1.807, 2.05) is 0 Å². The second-order valence-electron chi connectivity index (χ2n) is 7.19. The van der Waals surface area contributed by atoms with Crippen LogP contribution in [0, 0.1) is 35.2 Å². The summed E-state index contributed by atoms with van der Waals surface area (Å²) in [5.41, 5.74) is 0. The molecule has 23 heavy (non-hydrogen) atoms. The van der Waals surface area contributed by atoms with Gasteiger partial charge in [-0.3, -0.25) is 0 Å². The average Bonchev–Trinajstić information content (AvgIpc) is 2.59. The molecule has 0 saturated heterocycles. The Morgan fingerprint density at radius 3 is 1.96 bits per heavy atom. The first-order valence-corrected chi connectivity index (χ1v) is 8.91. The minimum atomic E-state index is -1.44. The Morgan fingerprint density at radius 2 is 1.35 bits per heavy atom. The minimum Gasteiger partial charge on any atom is -0.493 e. The van der Waals surface area contributed by atoms with Gasteiger partial charge in [0.2, 0.25) is 0 Å². The van der Waals surface area contributed by atoms with Gasteiger partial charge in [-0.25, -0.2) is 13.2 Å². The third kappa shape index (κ3) is 4.21. The summed E-state index contributed by atoms with van der Waals surface area (Å²) in [5.74, 6) is -1.55. The molecule has 0 atom stereocenters. The van der Waals surface area contributed by atoms with Crippen molar-refractivity contribution in [2.75, 3.05) is 6.61 Å². The molecule has 0 spiro atoms. The molecule has 2 fully saturated rings. The van der Waals surface area contributed by atoms with Crippen molar-refractivity contribution in [1.29, 1.82) is 0 Å². The lowest BCUT2D eigenvalue weighted by Gasteiger charge is -2.35. The van der Waals surface area contributed by atoms with Gasteiger partial charge in [0, 0.05) is 12.1 Å². The van der Waals surface area contributed by atoms with E-state index >= 15 is 0 Å². The monoisotopic (exact) mass is 326 g/mol. The Hall–Kier alpha value is -1.19. The van der Waals surface area contributed by atoms with E-state index in [0.29, 0.717) is 12.5 Å². The van der Waals surface area contributed by atoms with Crippen molar-refractivity contribution in [3.63, 3.8) is 0 Å². The summed E-state index contributed by atoms with van der Waals surface area (Å²) in [6.07, 6.45) is 11.7. The van der Waals surface area contributed by atoms with Crippen molar-refractivity contribution in [2.24, 2.45) is 17.8 Å². The number of ether oxygens (including phenoxy) is 1. The molecule has 2 saturated carbocycles. The van der Waals surface area contributed by atoms with Crippen LogP contribution < -0.4 is 4.74 Å². The zero-order valence-electron chi connectivity index (χ0n) is 13.5. The normalized spacial score (nSPS) is 26.2. The lowest BCUT2D eigenvalue weighted by atomic mass is 9.71. The van der Waals surface area contributed by atoms with E-state index in [9.17, 15) is 13.2 Å². The number of rotatable bonds is 4. The van der Waals surface area contributed by atoms with Gasteiger partial charge in [-0.15, -0.1) is 0 Å². The molecule has 0 N–H and O–H groups in total. The van der Waals surface area contributed by atoms with Gasteiger partial charge in [0.15, 0.2) is 17.5 Å². The maximum absolute atomic E-state index is 13.2. The van der Waals surface area contributed by atoms with Gasteiger partial charge in [0.05, 0.1) is 6.61 Å². The van der Waals surface area contributed by atoms with Gasteiger partial charge in [-0.05, 0) is 43.4 Å². The summed E-state index contributed by atoms with van der Waals surface area (Å²) in [5, 5.41) is 0. The van der Waals surface area contributed by atoms with E-state index in [0.717, 1.165) is 36.8 Å². The van der Waals surface area contributed by atoms with Gasteiger partial charge in [0.25, 0.3) is 0 Å². The summed E-state index contributed by atoms with van der Waals surface area (Å²) in [4.78, 5) is 0. The van der Waals surface area contributed by atoms with E-state index in [2.05, 4.69) is 0 Å². The number of hydrogen-bond donors (Lipinski definition) is 0. The van der Waals surface area contributed by atoms with E-state index in [4.69, 9.17) is 4.74 Å². The summed E-state index contributed by atoms with van der Waals surface area (Å²) in [7, 11) is 0. The molecule has 0 heterocycles. The number of benzene rings is 1. The topological polar surface area (TPSA) is 9.23 Å².